The monoisotopic (exact) mass is 300 g/mol. The summed E-state index contributed by atoms with van der Waals surface area (Å²) in [5, 5.41) is 2.61. The number of aryl methyl sites for hydroxylation is 1. The normalized spacial score (nSPS) is 20.1. The lowest BCUT2D eigenvalue weighted by Crippen LogP contribution is -2.42. The van der Waals surface area contributed by atoms with E-state index in [1.165, 1.54) is 16.4 Å². The highest BCUT2D eigenvalue weighted by molar-refractivity contribution is 7.88. The third-order valence-electron chi connectivity index (χ3n) is 3.39. The van der Waals surface area contributed by atoms with Gasteiger partial charge in [0.2, 0.25) is 15.9 Å². The van der Waals surface area contributed by atoms with Gasteiger partial charge in [-0.3, -0.25) is 4.79 Å². The number of hydrogen-bond acceptors (Lipinski definition) is 3. The van der Waals surface area contributed by atoms with Crippen LogP contribution in [-0.4, -0.2) is 37.5 Å². The molecule has 7 heteroatoms. The molecule has 1 aliphatic heterocycles. The minimum absolute atomic E-state index is 0.346. The number of carbonyl (C=O) groups excluding carboxylic acids is 1. The van der Waals surface area contributed by atoms with Gasteiger partial charge in [0.1, 0.15) is 11.9 Å². The van der Waals surface area contributed by atoms with Crippen LogP contribution in [0.1, 0.15) is 18.4 Å². The van der Waals surface area contributed by atoms with Crippen LogP contribution < -0.4 is 5.32 Å². The number of halogens is 1. The number of carbonyl (C=O) groups is 1. The van der Waals surface area contributed by atoms with E-state index in [1.807, 2.05) is 0 Å². The number of sulfonamides is 1. The van der Waals surface area contributed by atoms with Gasteiger partial charge in [0, 0.05) is 12.2 Å². The summed E-state index contributed by atoms with van der Waals surface area (Å²) in [7, 11) is -3.41. The van der Waals surface area contributed by atoms with Crippen LogP contribution in [-0.2, 0) is 14.8 Å². The van der Waals surface area contributed by atoms with Crippen molar-refractivity contribution >= 4 is 21.6 Å². The number of anilines is 1. The van der Waals surface area contributed by atoms with Crippen LogP contribution in [0.2, 0.25) is 0 Å². The molecule has 1 aromatic rings. The molecule has 5 nitrogen and oxygen atoms in total. The van der Waals surface area contributed by atoms with Gasteiger partial charge in [-0.25, -0.2) is 12.8 Å². The van der Waals surface area contributed by atoms with Crippen LogP contribution in [0, 0.1) is 12.7 Å². The number of benzene rings is 1. The Labute approximate surface area is 117 Å². The Hall–Kier alpha value is -1.47. The molecule has 2 rings (SSSR count). The maximum Gasteiger partial charge on any atom is 0.242 e. The summed E-state index contributed by atoms with van der Waals surface area (Å²) in [4.78, 5) is 12.2. The van der Waals surface area contributed by atoms with Crippen LogP contribution in [0.25, 0.3) is 0 Å². The van der Waals surface area contributed by atoms with E-state index < -0.39 is 27.8 Å². The second-order valence-corrected chi connectivity index (χ2v) is 6.92. The average molecular weight is 300 g/mol. The van der Waals surface area contributed by atoms with E-state index in [-0.39, 0.29) is 0 Å². The van der Waals surface area contributed by atoms with E-state index >= 15 is 0 Å². The number of rotatable bonds is 3. The van der Waals surface area contributed by atoms with Crippen molar-refractivity contribution in [1.82, 2.24) is 4.31 Å². The molecule has 110 valence electrons. The fourth-order valence-corrected chi connectivity index (χ4v) is 3.47. The van der Waals surface area contributed by atoms with Crippen molar-refractivity contribution in [2.45, 2.75) is 25.8 Å². The van der Waals surface area contributed by atoms with Crippen molar-refractivity contribution in [3.05, 3.63) is 29.6 Å². The highest BCUT2D eigenvalue weighted by Crippen LogP contribution is 2.23. The molecule has 1 saturated heterocycles. The zero-order valence-corrected chi connectivity index (χ0v) is 12.2. The number of amides is 1. The number of nitrogens with zero attached hydrogens (tertiary/aromatic N) is 1. The van der Waals surface area contributed by atoms with E-state index in [0.29, 0.717) is 25.1 Å². The van der Waals surface area contributed by atoms with Crippen LogP contribution >= 0.6 is 0 Å². The van der Waals surface area contributed by atoms with E-state index in [2.05, 4.69) is 5.32 Å². The van der Waals surface area contributed by atoms with Gasteiger partial charge < -0.3 is 5.32 Å². The third-order valence-corrected chi connectivity index (χ3v) is 4.68. The first kappa shape index (κ1) is 14.9. The van der Waals surface area contributed by atoms with Crippen molar-refractivity contribution in [2.24, 2.45) is 0 Å². The average Bonchev–Trinajstić information content (AvgIpc) is 2.82. The SMILES string of the molecule is Cc1ccc(F)cc1NC(=O)[C@@H]1CCCN1S(C)(=O)=O. The lowest BCUT2D eigenvalue weighted by molar-refractivity contribution is -0.119. The largest absolute Gasteiger partial charge is 0.324 e. The zero-order valence-electron chi connectivity index (χ0n) is 11.4. The fraction of sp³-hybridized carbons (Fsp3) is 0.462. The van der Waals surface area contributed by atoms with Gasteiger partial charge in [-0.2, -0.15) is 4.31 Å². The molecular weight excluding hydrogens is 283 g/mol. The Kier molecular flexibility index (Phi) is 4.10. The maximum atomic E-state index is 13.2. The maximum absolute atomic E-state index is 13.2. The highest BCUT2D eigenvalue weighted by atomic mass is 32.2. The lowest BCUT2D eigenvalue weighted by atomic mass is 10.1. The minimum Gasteiger partial charge on any atom is -0.324 e. The smallest absolute Gasteiger partial charge is 0.242 e. The molecule has 1 atom stereocenters. The Balaban J connectivity index is 2.18. The molecule has 1 aromatic carbocycles. The van der Waals surface area contributed by atoms with Gasteiger partial charge in [-0.15, -0.1) is 0 Å². The van der Waals surface area contributed by atoms with Crippen molar-refractivity contribution in [2.75, 3.05) is 18.1 Å². The molecule has 1 amide bonds. The molecule has 20 heavy (non-hydrogen) atoms. The molecule has 0 radical (unpaired) electrons. The molecule has 0 unspecified atom stereocenters. The van der Waals surface area contributed by atoms with Crippen LogP contribution in [0.4, 0.5) is 10.1 Å². The molecule has 0 bridgehead atoms. The van der Waals surface area contributed by atoms with Crippen LogP contribution in [0.15, 0.2) is 18.2 Å². The third kappa shape index (κ3) is 3.16. The Morgan fingerprint density at radius 2 is 2.15 bits per heavy atom. The fourth-order valence-electron chi connectivity index (χ4n) is 2.34. The van der Waals surface area contributed by atoms with Gasteiger partial charge in [-0.1, -0.05) is 6.07 Å². The van der Waals surface area contributed by atoms with E-state index in [9.17, 15) is 17.6 Å². The predicted molar refractivity (Wildman–Crippen MR) is 74.3 cm³/mol. The topological polar surface area (TPSA) is 66.5 Å². The van der Waals surface area contributed by atoms with E-state index in [4.69, 9.17) is 0 Å². The Morgan fingerprint density at radius 3 is 2.80 bits per heavy atom. The highest BCUT2D eigenvalue weighted by Gasteiger charge is 2.36. The summed E-state index contributed by atoms with van der Waals surface area (Å²) in [6, 6.07) is 3.39. The van der Waals surface area contributed by atoms with Crippen molar-refractivity contribution < 1.29 is 17.6 Å². The second kappa shape index (κ2) is 5.49. The standard InChI is InChI=1S/C13H17FN2O3S/c1-9-5-6-10(14)8-11(9)15-13(17)12-4-3-7-16(12)20(2,18)19/h5-6,8,12H,3-4,7H2,1-2H3,(H,15,17)/t12-/m0/s1. The van der Waals surface area contributed by atoms with Crippen molar-refractivity contribution in [1.29, 1.82) is 0 Å². The molecule has 0 aromatic heterocycles. The molecule has 1 N–H and O–H groups in total. The number of nitrogens with one attached hydrogen (secondary N) is 1. The number of hydrogen-bond donors (Lipinski definition) is 1. The van der Waals surface area contributed by atoms with Gasteiger partial charge in [0.25, 0.3) is 0 Å². The van der Waals surface area contributed by atoms with E-state index in [0.717, 1.165) is 11.8 Å². The molecule has 1 heterocycles. The summed E-state index contributed by atoms with van der Waals surface area (Å²) in [6.45, 7) is 2.09. The van der Waals surface area contributed by atoms with Gasteiger partial charge >= 0.3 is 0 Å². The molecule has 0 aliphatic carbocycles. The first-order chi connectivity index (χ1) is 9.29. The first-order valence-electron chi connectivity index (χ1n) is 6.33. The summed E-state index contributed by atoms with van der Waals surface area (Å²) in [5.41, 5.74) is 1.10. The molecule has 0 spiro atoms. The molecule has 1 aliphatic rings. The molecule has 1 fully saturated rings. The summed E-state index contributed by atoms with van der Waals surface area (Å²) < 4.78 is 37.6. The molecule has 0 saturated carbocycles. The van der Waals surface area contributed by atoms with Crippen molar-refractivity contribution in [3.63, 3.8) is 0 Å². The summed E-state index contributed by atoms with van der Waals surface area (Å²) >= 11 is 0. The van der Waals surface area contributed by atoms with Gasteiger partial charge in [0.15, 0.2) is 0 Å². The van der Waals surface area contributed by atoms with E-state index in [1.54, 1.807) is 13.0 Å². The summed E-state index contributed by atoms with van der Waals surface area (Å²) in [6.07, 6.45) is 2.21. The molecular formula is C13H17FN2O3S. The second-order valence-electron chi connectivity index (χ2n) is 4.98. The minimum atomic E-state index is -3.41. The summed E-state index contributed by atoms with van der Waals surface area (Å²) in [5.74, 6) is -0.862. The zero-order chi connectivity index (χ0) is 14.9. The Bertz CT molecular complexity index is 631. The predicted octanol–water partition coefficient (Wildman–Crippen LogP) is 1.50. The quantitative estimate of drug-likeness (QED) is 0.920. The Morgan fingerprint density at radius 1 is 1.45 bits per heavy atom. The van der Waals surface area contributed by atoms with Crippen molar-refractivity contribution in [3.8, 4) is 0 Å². The van der Waals surface area contributed by atoms with Gasteiger partial charge in [-0.05, 0) is 37.5 Å². The van der Waals surface area contributed by atoms with Crippen LogP contribution in [0.3, 0.4) is 0 Å². The lowest BCUT2D eigenvalue weighted by Gasteiger charge is -2.21. The van der Waals surface area contributed by atoms with Gasteiger partial charge in [0.05, 0.1) is 6.26 Å². The first-order valence-corrected chi connectivity index (χ1v) is 8.17. The van der Waals surface area contributed by atoms with Crippen LogP contribution in [0.5, 0.6) is 0 Å².